The van der Waals surface area contributed by atoms with Crippen molar-refractivity contribution in [2.45, 2.75) is 19.3 Å². The average Bonchev–Trinajstić information content (AvgIpc) is 3.45. The molecule has 4 atom stereocenters. The highest BCUT2D eigenvalue weighted by Crippen LogP contribution is 2.52. The van der Waals surface area contributed by atoms with E-state index in [1.165, 1.54) is 17.0 Å². The van der Waals surface area contributed by atoms with E-state index in [9.17, 15) is 14.0 Å². The minimum Gasteiger partial charge on any atom is -0.494 e. The summed E-state index contributed by atoms with van der Waals surface area (Å²) in [5.74, 6) is 1.19. The second-order valence-corrected chi connectivity index (χ2v) is 8.26. The van der Waals surface area contributed by atoms with Crippen molar-refractivity contribution in [3.8, 4) is 5.75 Å². The van der Waals surface area contributed by atoms with Crippen LogP contribution < -0.4 is 15.4 Å². The Hall–Kier alpha value is -2.90. The molecule has 2 N–H and O–H groups in total. The van der Waals surface area contributed by atoms with Crippen molar-refractivity contribution in [2.24, 2.45) is 28.7 Å². The summed E-state index contributed by atoms with van der Waals surface area (Å²) < 4.78 is 18.4. The van der Waals surface area contributed by atoms with E-state index in [-0.39, 0.29) is 41.3 Å². The third-order valence-corrected chi connectivity index (χ3v) is 6.36. The quantitative estimate of drug-likeness (QED) is 0.207. The van der Waals surface area contributed by atoms with Crippen molar-refractivity contribution < 1.29 is 18.7 Å². The van der Waals surface area contributed by atoms with Crippen LogP contribution in [0.15, 0.2) is 41.4 Å². The van der Waals surface area contributed by atoms with Crippen molar-refractivity contribution in [2.75, 3.05) is 33.3 Å². The monoisotopic (exact) mass is 428 g/mol. The van der Waals surface area contributed by atoms with Crippen LogP contribution in [0.2, 0.25) is 0 Å². The van der Waals surface area contributed by atoms with Gasteiger partial charge >= 0.3 is 0 Å². The fourth-order valence-corrected chi connectivity index (χ4v) is 4.85. The van der Waals surface area contributed by atoms with Gasteiger partial charge in [0, 0.05) is 26.7 Å². The van der Waals surface area contributed by atoms with Gasteiger partial charge in [-0.3, -0.25) is 19.5 Å². The zero-order chi connectivity index (χ0) is 21.8. The van der Waals surface area contributed by atoms with E-state index in [1.54, 1.807) is 19.2 Å². The zero-order valence-electron chi connectivity index (χ0n) is 17.7. The first-order chi connectivity index (χ1) is 15.1. The van der Waals surface area contributed by atoms with Gasteiger partial charge in [-0.05, 0) is 55.4 Å². The first-order valence-electron chi connectivity index (χ1n) is 10.9. The predicted octanol–water partition coefficient (Wildman–Crippen LogP) is 1.96. The Kier molecular flexibility index (Phi) is 6.53. The number of carbonyl (C=O) groups is 2. The van der Waals surface area contributed by atoms with Crippen molar-refractivity contribution in [1.29, 1.82) is 0 Å². The molecule has 0 radical (unpaired) electrons. The molecule has 1 aromatic carbocycles. The maximum atomic E-state index is 12.9. The Balaban J connectivity index is 1.11. The van der Waals surface area contributed by atoms with Gasteiger partial charge in [-0.15, -0.1) is 0 Å². The molecule has 31 heavy (non-hydrogen) atoms. The van der Waals surface area contributed by atoms with Gasteiger partial charge in [-0.25, -0.2) is 4.39 Å². The van der Waals surface area contributed by atoms with Gasteiger partial charge < -0.3 is 15.4 Å². The number of rotatable bonds is 9. The number of nitrogens with zero attached hydrogens (tertiary/aromatic N) is 2. The number of imide groups is 1. The molecular formula is C23H29FN4O3. The number of halogens is 1. The van der Waals surface area contributed by atoms with Gasteiger partial charge in [0.15, 0.2) is 5.96 Å². The van der Waals surface area contributed by atoms with Gasteiger partial charge in [-0.1, -0.05) is 12.2 Å². The SMILES string of the molecule is CN=C(NCCCCOc1ccc(F)cc1)NCCN1C(=O)C2C3C=CC(C3)C2C1=O. The van der Waals surface area contributed by atoms with Crippen molar-refractivity contribution in [1.82, 2.24) is 15.5 Å². The number of amides is 2. The topological polar surface area (TPSA) is 83.0 Å². The molecule has 4 rings (SSSR count). The number of fused-ring (bicyclic) bond motifs is 5. The molecule has 2 amide bonds. The molecule has 0 spiro atoms. The molecule has 1 heterocycles. The van der Waals surface area contributed by atoms with Crippen LogP contribution in [0.3, 0.4) is 0 Å². The third kappa shape index (κ3) is 4.57. The summed E-state index contributed by atoms with van der Waals surface area (Å²) in [6.45, 7) is 2.09. The Bertz CT molecular complexity index is 840. The van der Waals surface area contributed by atoms with Crippen LogP contribution >= 0.6 is 0 Å². The molecule has 8 heteroatoms. The molecule has 3 aliphatic rings. The number of aliphatic imine (C=N–C) groups is 1. The number of allylic oxidation sites excluding steroid dienone is 2. The number of hydrogen-bond donors (Lipinski definition) is 2. The lowest BCUT2D eigenvalue weighted by molar-refractivity contribution is -0.140. The number of nitrogens with one attached hydrogen (secondary N) is 2. The van der Waals surface area contributed by atoms with Crippen LogP contribution in [-0.4, -0.2) is 56.0 Å². The number of benzene rings is 1. The van der Waals surface area contributed by atoms with E-state index in [0.717, 1.165) is 19.3 Å². The number of carbonyl (C=O) groups excluding carboxylic acids is 2. The lowest BCUT2D eigenvalue weighted by Gasteiger charge is -2.18. The molecule has 0 aromatic heterocycles. The molecule has 1 saturated carbocycles. The van der Waals surface area contributed by atoms with Gasteiger partial charge in [0.05, 0.1) is 18.4 Å². The second kappa shape index (κ2) is 9.49. The number of likely N-dealkylation sites (tertiary alicyclic amines) is 1. The van der Waals surface area contributed by atoms with Crippen LogP contribution in [0, 0.1) is 29.5 Å². The summed E-state index contributed by atoms with van der Waals surface area (Å²) >= 11 is 0. The number of ether oxygens (including phenoxy) is 1. The highest BCUT2D eigenvalue weighted by molar-refractivity contribution is 6.06. The smallest absolute Gasteiger partial charge is 0.233 e. The summed E-state index contributed by atoms with van der Waals surface area (Å²) in [7, 11) is 1.69. The van der Waals surface area contributed by atoms with E-state index in [1.807, 2.05) is 0 Å². The van der Waals surface area contributed by atoms with Crippen LogP contribution in [0.5, 0.6) is 5.75 Å². The fraction of sp³-hybridized carbons (Fsp3) is 0.522. The molecule has 2 bridgehead atoms. The van der Waals surface area contributed by atoms with Gasteiger partial charge in [0.2, 0.25) is 11.8 Å². The third-order valence-electron chi connectivity index (χ3n) is 6.36. The molecule has 2 fully saturated rings. The molecule has 166 valence electrons. The lowest BCUT2D eigenvalue weighted by atomic mass is 9.85. The van der Waals surface area contributed by atoms with E-state index >= 15 is 0 Å². The number of guanidine groups is 1. The summed E-state index contributed by atoms with van der Waals surface area (Å²) in [5, 5.41) is 6.40. The number of hydrogen-bond acceptors (Lipinski definition) is 4. The largest absolute Gasteiger partial charge is 0.494 e. The summed E-state index contributed by atoms with van der Waals surface area (Å²) in [4.78, 5) is 31.0. The summed E-state index contributed by atoms with van der Waals surface area (Å²) in [6, 6.07) is 5.99. The van der Waals surface area contributed by atoms with Crippen LogP contribution in [0.4, 0.5) is 4.39 Å². The first kappa shape index (κ1) is 21.3. The molecule has 1 aliphatic heterocycles. The van der Waals surface area contributed by atoms with Gasteiger partial charge in [-0.2, -0.15) is 0 Å². The predicted molar refractivity (Wildman–Crippen MR) is 115 cm³/mol. The average molecular weight is 429 g/mol. The first-order valence-corrected chi connectivity index (χ1v) is 10.9. The lowest BCUT2D eigenvalue weighted by Crippen LogP contribution is -2.43. The molecular weight excluding hydrogens is 399 g/mol. The van der Waals surface area contributed by atoms with Gasteiger partial charge in [0.25, 0.3) is 0 Å². The Morgan fingerprint density at radius 2 is 1.71 bits per heavy atom. The molecule has 4 unspecified atom stereocenters. The molecule has 7 nitrogen and oxygen atoms in total. The molecule has 1 saturated heterocycles. The normalized spacial score (nSPS) is 26.5. The minimum absolute atomic E-state index is 0.0160. The van der Waals surface area contributed by atoms with Crippen molar-refractivity contribution in [3.05, 3.63) is 42.2 Å². The van der Waals surface area contributed by atoms with Crippen molar-refractivity contribution >= 4 is 17.8 Å². The minimum atomic E-state index is -0.277. The maximum Gasteiger partial charge on any atom is 0.233 e. The summed E-state index contributed by atoms with van der Waals surface area (Å²) in [5.41, 5.74) is 0. The highest BCUT2D eigenvalue weighted by atomic mass is 19.1. The van der Waals surface area contributed by atoms with E-state index in [0.29, 0.717) is 38.0 Å². The molecule has 2 aliphatic carbocycles. The van der Waals surface area contributed by atoms with E-state index in [2.05, 4.69) is 27.8 Å². The Labute approximate surface area is 181 Å². The molecule has 1 aromatic rings. The standard InChI is InChI=1S/C23H29FN4O3/c1-25-23(26-10-2-3-13-31-18-8-6-17(24)7-9-18)27-11-12-28-21(29)19-15-4-5-16(14-15)20(19)22(28)30/h4-9,15-16,19-20H,2-3,10-14H2,1H3,(H2,25,26,27). The second-order valence-electron chi connectivity index (χ2n) is 8.26. The van der Waals surface area contributed by atoms with E-state index < -0.39 is 0 Å². The highest BCUT2D eigenvalue weighted by Gasteiger charge is 2.58. The van der Waals surface area contributed by atoms with Crippen LogP contribution in [0.1, 0.15) is 19.3 Å². The zero-order valence-corrected chi connectivity index (χ0v) is 17.7. The van der Waals surface area contributed by atoms with Crippen LogP contribution in [-0.2, 0) is 9.59 Å². The fourth-order valence-electron chi connectivity index (χ4n) is 4.85. The van der Waals surface area contributed by atoms with Crippen molar-refractivity contribution in [3.63, 3.8) is 0 Å². The van der Waals surface area contributed by atoms with Gasteiger partial charge in [0.1, 0.15) is 11.6 Å². The van der Waals surface area contributed by atoms with Crippen LogP contribution in [0.25, 0.3) is 0 Å². The maximum absolute atomic E-state index is 12.9. The Morgan fingerprint density at radius 3 is 2.35 bits per heavy atom. The summed E-state index contributed by atoms with van der Waals surface area (Å²) in [6.07, 6.45) is 6.89. The number of unbranched alkanes of at least 4 members (excludes halogenated alkanes) is 1. The Morgan fingerprint density at radius 1 is 1.06 bits per heavy atom. The van der Waals surface area contributed by atoms with E-state index in [4.69, 9.17) is 4.74 Å².